The Hall–Kier alpha value is -5.64. The predicted molar refractivity (Wildman–Crippen MR) is 192 cm³/mol. The summed E-state index contributed by atoms with van der Waals surface area (Å²) < 4.78 is 18.4. The molecule has 3 aliphatic carbocycles. The van der Waals surface area contributed by atoms with Crippen molar-refractivity contribution in [1.29, 1.82) is 0 Å². The first-order valence-corrected chi connectivity index (χ1v) is 17.7. The van der Waals surface area contributed by atoms with Crippen LogP contribution in [0.3, 0.4) is 0 Å². The molecule has 0 radical (unpaired) electrons. The van der Waals surface area contributed by atoms with Gasteiger partial charge < -0.3 is 18.9 Å². The van der Waals surface area contributed by atoms with Gasteiger partial charge in [0.15, 0.2) is 0 Å². The molecule has 16 heteroatoms. The molecule has 2 fully saturated rings. The Labute approximate surface area is 328 Å². The van der Waals surface area contributed by atoms with Crippen LogP contribution < -0.4 is 0 Å². The predicted octanol–water partition coefficient (Wildman–Crippen LogP) is 5.51. The molecule has 2 saturated carbocycles. The van der Waals surface area contributed by atoms with Crippen LogP contribution in [0.4, 0.5) is 0 Å². The van der Waals surface area contributed by atoms with E-state index in [2.05, 4.69) is 58.8 Å². The average molecular weight is 793 g/mol. The van der Waals surface area contributed by atoms with Crippen molar-refractivity contribution in [3.05, 3.63) is 47.5 Å². The Kier molecular flexibility index (Phi) is 39.8. The van der Waals surface area contributed by atoms with Gasteiger partial charge in [0.25, 0.3) is 0 Å². The molecule has 0 N–H and O–H groups in total. The molecule has 56 heavy (non-hydrogen) atoms. The number of carbonyl (C=O) groups excluding carboxylic acids is 12. The number of allylic oxidation sites excluding steroid dienone is 2. The summed E-state index contributed by atoms with van der Waals surface area (Å²) >= 11 is 0. The second-order valence-corrected chi connectivity index (χ2v) is 12.8. The van der Waals surface area contributed by atoms with E-state index in [1.54, 1.807) is 0 Å². The molecule has 4 rings (SSSR count). The SMILES string of the molecule is CC1C=CC(C)CC1.COC(=O)C1CCC(C)CC1.COC(=O)C1CCC(C)CC1.COC(=O)c1ccc(C(=O)OC)cc1.O=C=O.O=C=O.O=C=O.O=C=O. The molecule has 312 valence electrons. The molecule has 0 aromatic heterocycles. The van der Waals surface area contributed by atoms with E-state index in [4.69, 9.17) is 38.4 Å². The van der Waals surface area contributed by atoms with Crippen LogP contribution in [-0.2, 0) is 66.9 Å². The quantitative estimate of drug-likeness (QED) is 0.207. The summed E-state index contributed by atoms with van der Waals surface area (Å²) in [6.45, 7) is 9.05. The number of rotatable bonds is 4. The second-order valence-electron chi connectivity index (χ2n) is 12.8. The Morgan fingerprint density at radius 2 is 0.661 bits per heavy atom. The Bertz CT molecular complexity index is 1250. The van der Waals surface area contributed by atoms with Crippen molar-refractivity contribution in [3.63, 3.8) is 0 Å². The zero-order chi connectivity index (χ0) is 43.9. The summed E-state index contributed by atoms with van der Waals surface area (Å²) in [7, 11) is 5.55. The smallest absolute Gasteiger partial charge is 0.373 e. The van der Waals surface area contributed by atoms with Crippen molar-refractivity contribution < 1.29 is 76.5 Å². The second kappa shape index (κ2) is 39.1. The van der Waals surface area contributed by atoms with Crippen molar-refractivity contribution in [2.45, 2.75) is 91.9 Å². The standard InChI is InChI=1S/C10H10O4.2C9H16O2.C8H14.4CO2/c1-13-9(11)7-3-5-8(6-4-7)10(12)14-2;2*1-7-3-5-8(6-4-7)9(10)11-2;1-7-3-5-8(2)6-4-7;4*2-1-3/h3-6H,1-2H3;2*7-8H,3-6H2,1-2H3;3,5,7-8H,4,6H2,1-2H3;;;;. The molecule has 0 amide bonds. The number of hydrogen-bond acceptors (Lipinski definition) is 16. The Morgan fingerprint density at radius 3 is 0.839 bits per heavy atom. The van der Waals surface area contributed by atoms with Gasteiger partial charge in [0.05, 0.1) is 51.4 Å². The van der Waals surface area contributed by atoms with Gasteiger partial charge in [0.1, 0.15) is 0 Å². The van der Waals surface area contributed by atoms with Gasteiger partial charge in [-0.15, -0.1) is 0 Å². The van der Waals surface area contributed by atoms with Crippen LogP contribution in [-0.4, -0.2) is 76.9 Å². The summed E-state index contributed by atoms with van der Waals surface area (Å²) in [5.41, 5.74) is 0.806. The van der Waals surface area contributed by atoms with E-state index >= 15 is 0 Å². The van der Waals surface area contributed by atoms with E-state index in [9.17, 15) is 19.2 Å². The third-order valence-electron chi connectivity index (χ3n) is 8.67. The topological polar surface area (TPSA) is 242 Å². The lowest BCUT2D eigenvalue weighted by Crippen LogP contribution is -2.21. The molecule has 0 saturated heterocycles. The van der Waals surface area contributed by atoms with Gasteiger partial charge in [-0.25, -0.2) is 9.59 Å². The van der Waals surface area contributed by atoms with Gasteiger partial charge in [0, 0.05) is 0 Å². The number of carbonyl (C=O) groups is 4. The molecule has 0 bridgehead atoms. The van der Waals surface area contributed by atoms with Crippen LogP contribution >= 0.6 is 0 Å². The zero-order valence-corrected chi connectivity index (χ0v) is 33.5. The highest BCUT2D eigenvalue weighted by Crippen LogP contribution is 2.29. The molecule has 16 nitrogen and oxygen atoms in total. The number of methoxy groups -OCH3 is 4. The maximum Gasteiger partial charge on any atom is 0.373 e. The minimum atomic E-state index is -0.429. The fourth-order valence-corrected chi connectivity index (χ4v) is 5.40. The zero-order valence-electron chi connectivity index (χ0n) is 33.5. The summed E-state index contributed by atoms with van der Waals surface area (Å²) in [5, 5.41) is 0. The lowest BCUT2D eigenvalue weighted by atomic mass is 9.83. The summed E-state index contributed by atoms with van der Waals surface area (Å²) in [6, 6.07) is 6.05. The van der Waals surface area contributed by atoms with Gasteiger partial charge >= 0.3 is 48.5 Å². The van der Waals surface area contributed by atoms with Crippen LogP contribution in [0.1, 0.15) is 113 Å². The fraction of sp³-hybridized carbons (Fsp3) is 0.600. The Balaban J connectivity index is -0.000000296. The highest BCUT2D eigenvalue weighted by Gasteiger charge is 2.25. The van der Waals surface area contributed by atoms with Crippen molar-refractivity contribution in [3.8, 4) is 0 Å². The first-order valence-electron chi connectivity index (χ1n) is 17.7. The normalized spacial score (nSPS) is 20.6. The van der Waals surface area contributed by atoms with Gasteiger partial charge in [0.2, 0.25) is 0 Å². The summed E-state index contributed by atoms with van der Waals surface area (Å²) in [4.78, 5) is 109. The molecule has 2 unspecified atom stereocenters. The first-order chi connectivity index (χ1) is 26.6. The van der Waals surface area contributed by atoms with Gasteiger partial charge in [-0.1, -0.05) is 39.8 Å². The molecule has 1 aromatic rings. The lowest BCUT2D eigenvalue weighted by molar-refractivity contribution is -0.193. The first kappa shape index (κ1) is 57.1. The van der Waals surface area contributed by atoms with E-state index < -0.39 is 11.9 Å². The molecule has 2 atom stereocenters. The van der Waals surface area contributed by atoms with E-state index in [0.717, 1.165) is 49.4 Å². The van der Waals surface area contributed by atoms with Crippen LogP contribution in [0.25, 0.3) is 0 Å². The van der Waals surface area contributed by atoms with Crippen LogP contribution in [0.5, 0.6) is 0 Å². The van der Waals surface area contributed by atoms with Crippen molar-refractivity contribution in [2.75, 3.05) is 28.4 Å². The molecule has 0 heterocycles. The third-order valence-corrected chi connectivity index (χ3v) is 8.67. The molecular formula is C40H56O16. The third kappa shape index (κ3) is 31.8. The van der Waals surface area contributed by atoms with Gasteiger partial charge in [-0.05, 0) is 112 Å². The van der Waals surface area contributed by atoms with E-state index in [1.165, 1.54) is 91.2 Å². The number of ether oxygens (including phenoxy) is 4. The minimum absolute atomic E-state index is 0.0168. The summed E-state index contributed by atoms with van der Waals surface area (Å²) in [6.07, 6.45) is 17.2. The number of hydrogen-bond donors (Lipinski definition) is 0. The van der Waals surface area contributed by atoms with Gasteiger partial charge in [-0.2, -0.15) is 38.4 Å². The van der Waals surface area contributed by atoms with Crippen LogP contribution in [0.2, 0.25) is 0 Å². The van der Waals surface area contributed by atoms with E-state index in [0.29, 0.717) is 11.1 Å². The van der Waals surface area contributed by atoms with Crippen molar-refractivity contribution in [1.82, 2.24) is 0 Å². The Morgan fingerprint density at radius 1 is 0.429 bits per heavy atom. The number of benzene rings is 1. The maximum atomic E-state index is 11.1. The average Bonchev–Trinajstić information content (AvgIpc) is 3.20. The maximum absolute atomic E-state index is 11.1. The molecule has 1 aromatic carbocycles. The van der Waals surface area contributed by atoms with Crippen LogP contribution in [0.15, 0.2) is 36.4 Å². The van der Waals surface area contributed by atoms with Crippen molar-refractivity contribution >= 4 is 48.5 Å². The number of esters is 4. The molecule has 3 aliphatic rings. The molecular weight excluding hydrogens is 736 g/mol. The molecule has 0 spiro atoms. The van der Waals surface area contributed by atoms with Crippen LogP contribution in [0, 0.1) is 35.5 Å². The fourth-order valence-electron chi connectivity index (χ4n) is 5.40. The highest BCUT2D eigenvalue weighted by atomic mass is 16.5. The lowest BCUT2D eigenvalue weighted by Gasteiger charge is -2.23. The van der Waals surface area contributed by atoms with Crippen molar-refractivity contribution in [2.24, 2.45) is 35.5 Å². The van der Waals surface area contributed by atoms with Gasteiger partial charge in [-0.3, -0.25) is 9.59 Å². The molecule has 0 aliphatic heterocycles. The monoisotopic (exact) mass is 792 g/mol. The van der Waals surface area contributed by atoms with E-state index in [1.807, 2.05) is 0 Å². The summed E-state index contributed by atoms with van der Waals surface area (Å²) in [5.74, 6) is 2.77. The largest absolute Gasteiger partial charge is 0.469 e. The minimum Gasteiger partial charge on any atom is -0.469 e. The highest BCUT2D eigenvalue weighted by molar-refractivity contribution is 5.93. The van der Waals surface area contributed by atoms with E-state index in [-0.39, 0.29) is 48.4 Å².